The number of esters is 1. The highest BCUT2D eigenvalue weighted by molar-refractivity contribution is 5.76. The van der Waals surface area contributed by atoms with Crippen molar-refractivity contribution in [2.24, 2.45) is 0 Å². The highest BCUT2D eigenvalue weighted by atomic mass is 16.7. The molecule has 0 saturated carbocycles. The lowest BCUT2D eigenvalue weighted by molar-refractivity contribution is -0.302. The summed E-state index contributed by atoms with van der Waals surface area (Å²) in [6, 6.07) is -0.835. The van der Waals surface area contributed by atoms with E-state index in [1.54, 1.807) is 6.08 Å². The van der Waals surface area contributed by atoms with Crippen LogP contribution >= 0.6 is 0 Å². The first kappa shape index (κ1) is 62.9. The van der Waals surface area contributed by atoms with E-state index in [0.717, 1.165) is 70.6 Å². The van der Waals surface area contributed by atoms with Crippen LogP contribution in [0.1, 0.15) is 245 Å². The number of aliphatic hydroxyl groups excluding tert-OH is 5. The van der Waals surface area contributed by atoms with E-state index in [1.807, 2.05) is 19.1 Å². The van der Waals surface area contributed by atoms with E-state index in [0.29, 0.717) is 19.4 Å². The predicted molar refractivity (Wildman–Crippen MR) is 274 cm³/mol. The Morgan fingerprint density at radius 2 is 1.00 bits per heavy atom. The molecule has 1 saturated heterocycles. The Balaban J connectivity index is 2.05. The molecule has 1 aliphatic heterocycles. The van der Waals surface area contributed by atoms with E-state index in [4.69, 9.17) is 14.2 Å². The number of rotatable bonds is 47. The van der Waals surface area contributed by atoms with Crippen LogP contribution in [0.3, 0.4) is 0 Å². The van der Waals surface area contributed by atoms with Gasteiger partial charge >= 0.3 is 5.97 Å². The average molecular weight is 950 g/mol. The van der Waals surface area contributed by atoms with Gasteiger partial charge in [-0.15, -0.1) is 0 Å². The van der Waals surface area contributed by atoms with Gasteiger partial charge in [0.25, 0.3) is 0 Å². The van der Waals surface area contributed by atoms with E-state index in [9.17, 15) is 35.1 Å². The zero-order valence-electron chi connectivity index (χ0n) is 42.9. The fraction of sp³-hybridized carbons (Fsp3) is 0.857. The normalized spacial score (nSPS) is 19.8. The average Bonchev–Trinajstić information content (AvgIpc) is 3.32. The van der Waals surface area contributed by atoms with Gasteiger partial charge in [-0.05, 0) is 51.9 Å². The third kappa shape index (κ3) is 36.5. The largest absolute Gasteiger partial charge is 0.466 e. The molecule has 7 atom stereocenters. The molecule has 0 aromatic carbocycles. The number of hydrogen-bond acceptors (Lipinski definition) is 10. The summed E-state index contributed by atoms with van der Waals surface area (Å²) in [4.78, 5) is 25.0. The van der Waals surface area contributed by atoms with E-state index >= 15 is 0 Å². The number of amides is 1. The van der Waals surface area contributed by atoms with Crippen molar-refractivity contribution in [3.05, 3.63) is 36.5 Å². The molecule has 392 valence electrons. The van der Waals surface area contributed by atoms with Crippen molar-refractivity contribution >= 4 is 11.9 Å². The fourth-order valence-electron chi connectivity index (χ4n) is 8.65. The van der Waals surface area contributed by atoms with E-state index < -0.39 is 49.5 Å². The number of hydrogen-bond donors (Lipinski definition) is 6. The van der Waals surface area contributed by atoms with Crippen molar-refractivity contribution < 1.29 is 49.3 Å². The van der Waals surface area contributed by atoms with Crippen LogP contribution in [-0.2, 0) is 23.8 Å². The molecule has 1 amide bonds. The van der Waals surface area contributed by atoms with Crippen molar-refractivity contribution in [1.82, 2.24) is 5.32 Å². The first-order valence-corrected chi connectivity index (χ1v) is 27.7. The Hall–Kier alpha value is -2.12. The number of nitrogens with one attached hydrogen (secondary N) is 1. The second-order valence-corrected chi connectivity index (χ2v) is 19.3. The number of ether oxygens (including phenoxy) is 3. The second-order valence-electron chi connectivity index (χ2n) is 19.3. The molecule has 6 N–H and O–H groups in total. The van der Waals surface area contributed by atoms with Crippen molar-refractivity contribution in [2.45, 2.75) is 288 Å². The molecule has 0 radical (unpaired) electrons. The molecule has 0 spiro atoms. The second kappa shape index (κ2) is 46.3. The van der Waals surface area contributed by atoms with Crippen LogP contribution in [0.5, 0.6) is 0 Å². The fourth-order valence-corrected chi connectivity index (χ4v) is 8.65. The minimum absolute atomic E-state index is 0.00771. The predicted octanol–water partition coefficient (Wildman–Crippen LogP) is 11.9. The van der Waals surface area contributed by atoms with Crippen molar-refractivity contribution in [1.29, 1.82) is 0 Å². The van der Waals surface area contributed by atoms with Gasteiger partial charge in [0.2, 0.25) is 5.91 Å². The summed E-state index contributed by atoms with van der Waals surface area (Å²) in [5, 5.41) is 54.1. The summed E-state index contributed by atoms with van der Waals surface area (Å²) in [6.07, 6.45) is 45.5. The maximum atomic E-state index is 13.0. The Bertz CT molecular complexity index is 1210. The molecule has 1 rings (SSSR count). The lowest BCUT2D eigenvalue weighted by Crippen LogP contribution is -2.60. The van der Waals surface area contributed by atoms with Crippen LogP contribution < -0.4 is 5.32 Å². The van der Waals surface area contributed by atoms with E-state index in [2.05, 4.69) is 30.5 Å². The van der Waals surface area contributed by atoms with Crippen LogP contribution in [0.2, 0.25) is 0 Å². The summed E-state index contributed by atoms with van der Waals surface area (Å²) in [5.74, 6) is -0.210. The Morgan fingerprint density at radius 3 is 1.48 bits per heavy atom. The first-order valence-electron chi connectivity index (χ1n) is 27.7. The molecular formula is C56H103NO10. The summed E-state index contributed by atoms with van der Waals surface area (Å²) in [7, 11) is 0. The van der Waals surface area contributed by atoms with Gasteiger partial charge in [-0.2, -0.15) is 0 Å². The molecule has 0 aromatic heterocycles. The topological polar surface area (TPSA) is 175 Å². The monoisotopic (exact) mass is 950 g/mol. The SMILES string of the molecule is C/C=C/CC/C=C/CC/C=C/C(O)C(COC1OC(CO)C(O)C(O)C1O)NC(=O)CCCCCCCCCCCCCCCCCCCCCOC(=O)CCCCCCCCCCCCC. The Morgan fingerprint density at radius 1 is 0.567 bits per heavy atom. The maximum absolute atomic E-state index is 13.0. The van der Waals surface area contributed by atoms with Crippen LogP contribution in [0.15, 0.2) is 36.5 Å². The molecule has 0 aromatic rings. The molecule has 0 bridgehead atoms. The molecule has 0 aliphatic carbocycles. The quantitative estimate of drug-likeness (QED) is 0.0196. The molecular weight excluding hydrogens is 847 g/mol. The van der Waals surface area contributed by atoms with Crippen molar-refractivity contribution in [3.8, 4) is 0 Å². The number of carbonyl (C=O) groups excluding carboxylic acids is 2. The van der Waals surface area contributed by atoms with Gasteiger partial charge < -0.3 is 45.1 Å². The van der Waals surface area contributed by atoms with Crippen molar-refractivity contribution in [3.63, 3.8) is 0 Å². The zero-order valence-corrected chi connectivity index (χ0v) is 42.9. The number of allylic oxidation sites excluding steroid dienone is 5. The van der Waals surface area contributed by atoms with Gasteiger partial charge in [-0.3, -0.25) is 9.59 Å². The smallest absolute Gasteiger partial charge is 0.305 e. The van der Waals surface area contributed by atoms with Crippen LogP contribution in [0.4, 0.5) is 0 Å². The van der Waals surface area contributed by atoms with Crippen LogP contribution in [-0.4, -0.2) is 100 Å². The molecule has 11 nitrogen and oxygen atoms in total. The Labute approximate surface area is 409 Å². The number of aliphatic hydroxyl groups is 5. The van der Waals surface area contributed by atoms with Crippen LogP contribution in [0.25, 0.3) is 0 Å². The minimum atomic E-state index is -1.58. The number of carbonyl (C=O) groups is 2. The lowest BCUT2D eigenvalue weighted by Gasteiger charge is -2.40. The first-order chi connectivity index (χ1) is 32.7. The number of unbranched alkanes of at least 4 members (excludes halogenated alkanes) is 30. The molecule has 1 aliphatic rings. The van der Waals surface area contributed by atoms with Gasteiger partial charge in [0.05, 0.1) is 32.0 Å². The van der Waals surface area contributed by atoms with Gasteiger partial charge in [-0.1, -0.05) is 217 Å². The van der Waals surface area contributed by atoms with E-state index in [-0.39, 0.29) is 18.5 Å². The minimum Gasteiger partial charge on any atom is -0.466 e. The summed E-state index contributed by atoms with van der Waals surface area (Å²) in [5.41, 5.74) is 0. The third-order valence-corrected chi connectivity index (χ3v) is 13.1. The molecule has 1 heterocycles. The van der Waals surface area contributed by atoms with Crippen LogP contribution in [0, 0.1) is 0 Å². The van der Waals surface area contributed by atoms with Gasteiger partial charge in [-0.25, -0.2) is 0 Å². The van der Waals surface area contributed by atoms with E-state index in [1.165, 1.54) is 148 Å². The zero-order chi connectivity index (χ0) is 48.8. The van der Waals surface area contributed by atoms with Gasteiger partial charge in [0.1, 0.15) is 24.4 Å². The Kier molecular flexibility index (Phi) is 43.4. The maximum Gasteiger partial charge on any atom is 0.305 e. The summed E-state index contributed by atoms with van der Waals surface area (Å²) in [6.45, 7) is 4.07. The molecule has 11 heteroatoms. The lowest BCUT2D eigenvalue weighted by atomic mass is 9.99. The molecule has 1 fully saturated rings. The highest BCUT2D eigenvalue weighted by Crippen LogP contribution is 2.23. The summed E-state index contributed by atoms with van der Waals surface area (Å²) < 4.78 is 16.6. The van der Waals surface area contributed by atoms with Crippen molar-refractivity contribution in [2.75, 3.05) is 19.8 Å². The van der Waals surface area contributed by atoms with Gasteiger partial charge in [0.15, 0.2) is 6.29 Å². The third-order valence-electron chi connectivity index (χ3n) is 13.1. The standard InChI is InChI=1S/C56H103NO10/c1-3-5-7-9-11-13-23-28-32-36-40-44-52(61)65-45-41-37-33-29-25-22-20-18-16-14-15-17-19-21-24-27-31-35-39-43-51(60)57-48(49(59)42-38-34-30-26-12-10-8-6-4-2)47-66-56-55(64)54(63)53(62)50(46-58)67-56/h4,6,12,26,38,42,48-50,53-56,58-59,62-64H,3,5,7-11,13-25,27-37,39-41,43-47H2,1-2H3,(H,57,60)/b6-4+,26-12+,42-38+. The highest BCUT2D eigenvalue weighted by Gasteiger charge is 2.44. The molecule has 7 unspecified atom stereocenters. The summed E-state index contributed by atoms with van der Waals surface area (Å²) >= 11 is 0. The molecule has 67 heavy (non-hydrogen) atoms. The van der Waals surface area contributed by atoms with Gasteiger partial charge in [0, 0.05) is 12.8 Å².